The summed E-state index contributed by atoms with van der Waals surface area (Å²) in [5, 5.41) is 0. The molecule has 0 radical (unpaired) electrons. The minimum absolute atomic E-state index is 0.228. The van der Waals surface area contributed by atoms with Crippen LogP contribution in [0.15, 0.2) is 24.3 Å². The van der Waals surface area contributed by atoms with E-state index < -0.39 is 0 Å². The maximum absolute atomic E-state index is 12.7. The highest BCUT2D eigenvalue weighted by Gasteiger charge is 2.27. The number of likely N-dealkylation sites (tertiary alicyclic amines) is 1. The predicted octanol–water partition coefficient (Wildman–Crippen LogP) is 1.98. The molecule has 2 saturated heterocycles. The van der Waals surface area contributed by atoms with Crippen LogP contribution in [0.5, 0.6) is 0 Å². The van der Waals surface area contributed by atoms with Crippen molar-refractivity contribution in [1.82, 2.24) is 14.7 Å². The molecule has 158 valence electrons. The summed E-state index contributed by atoms with van der Waals surface area (Å²) in [5.74, 6) is 0.514. The maximum Gasteiger partial charge on any atom is 0.236 e. The number of rotatable bonds is 5. The molecule has 29 heavy (non-hydrogen) atoms. The number of para-hydroxylation sites is 1. The Morgan fingerprint density at radius 3 is 2.48 bits per heavy atom. The first-order valence-corrected chi connectivity index (χ1v) is 11.2. The summed E-state index contributed by atoms with van der Waals surface area (Å²) < 4.78 is 0. The Hall–Kier alpha value is -1.92. The Kier molecular flexibility index (Phi) is 6.50. The van der Waals surface area contributed by atoms with Crippen molar-refractivity contribution in [3.05, 3.63) is 29.8 Å². The number of piperidine rings is 1. The van der Waals surface area contributed by atoms with Gasteiger partial charge in [-0.15, -0.1) is 0 Å². The fraction of sp³-hybridized carbons (Fsp3) is 0.652. The quantitative estimate of drug-likeness (QED) is 0.761. The van der Waals surface area contributed by atoms with Crippen LogP contribution in [0, 0.1) is 0 Å². The van der Waals surface area contributed by atoms with Crippen molar-refractivity contribution in [2.75, 3.05) is 57.3 Å². The summed E-state index contributed by atoms with van der Waals surface area (Å²) >= 11 is 0. The smallest absolute Gasteiger partial charge is 0.236 e. The van der Waals surface area contributed by atoms with E-state index >= 15 is 0 Å². The van der Waals surface area contributed by atoms with Crippen LogP contribution < -0.4 is 4.90 Å². The second-order valence-corrected chi connectivity index (χ2v) is 8.72. The average Bonchev–Trinajstić information content (AvgIpc) is 3.17. The summed E-state index contributed by atoms with van der Waals surface area (Å²) in [5.41, 5.74) is 2.37. The van der Waals surface area contributed by atoms with E-state index in [1.54, 1.807) is 0 Å². The van der Waals surface area contributed by atoms with Gasteiger partial charge >= 0.3 is 0 Å². The molecular weight excluding hydrogens is 364 g/mol. The van der Waals surface area contributed by atoms with Gasteiger partial charge in [0, 0.05) is 64.0 Å². The van der Waals surface area contributed by atoms with Crippen LogP contribution >= 0.6 is 0 Å². The van der Waals surface area contributed by atoms with E-state index in [0.717, 1.165) is 70.8 Å². The molecule has 6 nitrogen and oxygen atoms in total. The van der Waals surface area contributed by atoms with Crippen molar-refractivity contribution < 1.29 is 9.59 Å². The van der Waals surface area contributed by atoms with Gasteiger partial charge < -0.3 is 14.7 Å². The number of carbonyl (C=O) groups is 2. The summed E-state index contributed by atoms with van der Waals surface area (Å²) in [4.78, 5) is 34.0. The number of piperazine rings is 1. The average molecular weight is 399 g/mol. The third kappa shape index (κ3) is 4.81. The Labute approximate surface area is 174 Å². The van der Waals surface area contributed by atoms with Gasteiger partial charge in [0.25, 0.3) is 0 Å². The molecule has 0 aromatic heterocycles. The van der Waals surface area contributed by atoms with Crippen LogP contribution in [0.2, 0.25) is 0 Å². The normalized spacial score (nSPS) is 23.3. The molecule has 0 aliphatic carbocycles. The Balaban J connectivity index is 1.19. The van der Waals surface area contributed by atoms with Crippen LogP contribution in [-0.4, -0.2) is 84.9 Å². The SMILES string of the molecule is CC1CCCCN1C(=O)CN1CCN(CCC(=O)N2CCc3ccccc32)CC1. The molecule has 3 heterocycles. The number of hydrogen-bond acceptors (Lipinski definition) is 4. The van der Waals surface area contributed by atoms with Gasteiger partial charge in [0.15, 0.2) is 0 Å². The third-order valence-corrected chi connectivity index (χ3v) is 6.78. The van der Waals surface area contributed by atoms with Crippen LogP contribution in [0.25, 0.3) is 0 Å². The van der Waals surface area contributed by atoms with E-state index in [4.69, 9.17) is 0 Å². The lowest BCUT2D eigenvalue weighted by Gasteiger charge is -2.38. The summed E-state index contributed by atoms with van der Waals surface area (Å²) in [7, 11) is 0. The van der Waals surface area contributed by atoms with Gasteiger partial charge in [-0.25, -0.2) is 0 Å². The van der Waals surface area contributed by atoms with Gasteiger partial charge in [0.05, 0.1) is 6.54 Å². The molecule has 3 aliphatic rings. The number of fused-ring (bicyclic) bond motifs is 1. The van der Waals surface area contributed by atoms with Gasteiger partial charge in [-0.05, 0) is 44.2 Å². The minimum atomic E-state index is 0.228. The van der Waals surface area contributed by atoms with Crippen LogP contribution in [0.1, 0.15) is 38.2 Å². The van der Waals surface area contributed by atoms with Gasteiger partial charge in [-0.2, -0.15) is 0 Å². The zero-order valence-corrected chi connectivity index (χ0v) is 17.7. The fourth-order valence-corrected chi connectivity index (χ4v) is 4.91. The molecule has 1 unspecified atom stereocenters. The van der Waals surface area contributed by atoms with Crippen LogP contribution in [0.4, 0.5) is 5.69 Å². The minimum Gasteiger partial charge on any atom is -0.339 e. The molecule has 0 saturated carbocycles. The standard InChI is InChI=1S/C23H34N4O2/c1-19-6-4-5-11-26(19)23(29)18-25-16-14-24(15-17-25)12-10-22(28)27-13-9-20-7-2-3-8-21(20)27/h2-3,7-8,19H,4-6,9-18H2,1H3. The first-order valence-electron chi connectivity index (χ1n) is 11.2. The van der Waals surface area contributed by atoms with E-state index in [2.05, 4.69) is 33.8 Å². The molecule has 2 fully saturated rings. The van der Waals surface area contributed by atoms with Gasteiger partial charge in [0.1, 0.15) is 0 Å². The number of anilines is 1. The summed E-state index contributed by atoms with van der Waals surface area (Å²) in [6.45, 7) is 8.95. The number of carbonyl (C=O) groups excluding carboxylic acids is 2. The number of amides is 2. The molecular formula is C23H34N4O2. The number of hydrogen-bond donors (Lipinski definition) is 0. The zero-order chi connectivity index (χ0) is 20.2. The van der Waals surface area contributed by atoms with Gasteiger partial charge in [-0.3, -0.25) is 14.5 Å². The van der Waals surface area contributed by atoms with Crippen LogP contribution in [0.3, 0.4) is 0 Å². The molecule has 0 N–H and O–H groups in total. The molecule has 0 bridgehead atoms. The van der Waals surface area contributed by atoms with E-state index in [-0.39, 0.29) is 11.8 Å². The van der Waals surface area contributed by atoms with E-state index in [1.807, 2.05) is 17.0 Å². The molecule has 0 spiro atoms. The molecule has 1 aromatic carbocycles. The highest BCUT2D eigenvalue weighted by molar-refractivity contribution is 5.95. The van der Waals surface area contributed by atoms with Crippen LogP contribution in [-0.2, 0) is 16.0 Å². The van der Waals surface area contributed by atoms with E-state index in [9.17, 15) is 9.59 Å². The van der Waals surface area contributed by atoms with Crippen molar-refractivity contribution in [1.29, 1.82) is 0 Å². The lowest BCUT2D eigenvalue weighted by molar-refractivity contribution is -0.136. The van der Waals surface area contributed by atoms with Crippen molar-refractivity contribution in [2.45, 2.75) is 45.1 Å². The van der Waals surface area contributed by atoms with E-state index in [0.29, 0.717) is 19.0 Å². The Morgan fingerprint density at radius 2 is 1.69 bits per heavy atom. The van der Waals surface area contributed by atoms with Crippen molar-refractivity contribution >= 4 is 17.5 Å². The number of benzene rings is 1. The lowest BCUT2D eigenvalue weighted by atomic mass is 10.0. The second-order valence-electron chi connectivity index (χ2n) is 8.72. The van der Waals surface area contributed by atoms with Gasteiger partial charge in [0.2, 0.25) is 11.8 Å². The van der Waals surface area contributed by atoms with E-state index in [1.165, 1.54) is 12.0 Å². The lowest BCUT2D eigenvalue weighted by Crippen LogP contribution is -2.52. The third-order valence-electron chi connectivity index (χ3n) is 6.78. The molecule has 4 rings (SSSR count). The highest BCUT2D eigenvalue weighted by Crippen LogP contribution is 2.27. The highest BCUT2D eigenvalue weighted by atomic mass is 16.2. The molecule has 6 heteroatoms. The molecule has 3 aliphatic heterocycles. The largest absolute Gasteiger partial charge is 0.339 e. The predicted molar refractivity (Wildman–Crippen MR) is 115 cm³/mol. The molecule has 1 atom stereocenters. The monoisotopic (exact) mass is 398 g/mol. The Morgan fingerprint density at radius 1 is 0.931 bits per heavy atom. The first-order chi connectivity index (χ1) is 14.1. The summed E-state index contributed by atoms with van der Waals surface area (Å²) in [6, 6.07) is 8.62. The first kappa shape index (κ1) is 20.4. The topological polar surface area (TPSA) is 47.1 Å². The Bertz CT molecular complexity index is 729. The van der Waals surface area contributed by atoms with Crippen molar-refractivity contribution in [3.8, 4) is 0 Å². The molecule has 1 aromatic rings. The van der Waals surface area contributed by atoms with Crippen molar-refractivity contribution in [2.24, 2.45) is 0 Å². The van der Waals surface area contributed by atoms with Gasteiger partial charge in [-0.1, -0.05) is 18.2 Å². The number of nitrogens with zero attached hydrogens (tertiary/aromatic N) is 4. The second kappa shape index (κ2) is 9.26. The maximum atomic E-state index is 12.7. The van der Waals surface area contributed by atoms with Crippen molar-refractivity contribution in [3.63, 3.8) is 0 Å². The summed E-state index contributed by atoms with van der Waals surface area (Å²) in [6.07, 6.45) is 5.04. The fourth-order valence-electron chi connectivity index (χ4n) is 4.91. The zero-order valence-electron chi connectivity index (χ0n) is 17.7. The molecule has 2 amide bonds.